The van der Waals surface area contributed by atoms with E-state index in [2.05, 4.69) is 21.1 Å². The number of piperidine rings is 1. The van der Waals surface area contributed by atoms with E-state index in [1.807, 2.05) is 53.4 Å². The molecule has 8 heteroatoms. The third-order valence-electron chi connectivity index (χ3n) is 8.14. The van der Waals surface area contributed by atoms with Crippen LogP contribution >= 0.6 is 0 Å². The number of rotatable bonds is 5. The highest BCUT2D eigenvalue weighted by atomic mass is 16.5. The molecule has 2 aliphatic rings. The topological polar surface area (TPSA) is 94.8 Å². The van der Waals surface area contributed by atoms with Crippen LogP contribution in [-0.4, -0.2) is 64.3 Å². The van der Waals surface area contributed by atoms with Crippen molar-refractivity contribution in [2.75, 3.05) is 33.4 Å². The molecule has 2 aromatic heterocycles. The maximum atomic E-state index is 12.7. The van der Waals surface area contributed by atoms with Gasteiger partial charge < -0.3 is 24.3 Å². The Bertz CT molecular complexity index is 1420. The van der Waals surface area contributed by atoms with Crippen molar-refractivity contribution in [1.82, 2.24) is 19.9 Å². The molecule has 37 heavy (non-hydrogen) atoms. The van der Waals surface area contributed by atoms with Gasteiger partial charge in [-0.1, -0.05) is 35.5 Å². The lowest BCUT2D eigenvalue weighted by Gasteiger charge is -2.50. The van der Waals surface area contributed by atoms with Gasteiger partial charge in [0.05, 0.1) is 25.5 Å². The number of hydrogen-bond acceptors (Lipinski definition) is 6. The van der Waals surface area contributed by atoms with Crippen molar-refractivity contribution in [2.24, 2.45) is 0 Å². The zero-order valence-electron chi connectivity index (χ0n) is 21.2. The molecule has 0 unspecified atom stereocenters. The van der Waals surface area contributed by atoms with E-state index < -0.39 is 0 Å². The summed E-state index contributed by atoms with van der Waals surface area (Å²) in [6.45, 7) is 4.57. The Kier molecular flexibility index (Phi) is 6.01. The molecule has 1 fully saturated rings. The fourth-order valence-corrected chi connectivity index (χ4v) is 6.24. The van der Waals surface area contributed by atoms with E-state index in [1.165, 1.54) is 5.56 Å². The first kappa shape index (κ1) is 23.8. The molecule has 6 rings (SSSR count). The normalized spacial score (nSPS) is 19.3. The van der Waals surface area contributed by atoms with Crippen LogP contribution in [0, 0.1) is 0 Å². The fourth-order valence-electron chi connectivity index (χ4n) is 6.24. The molecular formula is C29H32N4O4. The van der Waals surface area contributed by atoms with Gasteiger partial charge in [0.2, 0.25) is 5.91 Å². The summed E-state index contributed by atoms with van der Waals surface area (Å²) in [5, 5.41) is 15.8. The lowest BCUT2D eigenvalue weighted by molar-refractivity contribution is -0.135. The lowest BCUT2D eigenvalue weighted by atomic mass is 9.68. The number of carbonyl (C=O) groups is 1. The highest BCUT2D eigenvalue weighted by Gasteiger charge is 2.48. The van der Waals surface area contributed by atoms with Crippen molar-refractivity contribution < 1.29 is 19.2 Å². The van der Waals surface area contributed by atoms with Gasteiger partial charge in [0, 0.05) is 59.7 Å². The van der Waals surface area contributed by atoms with Gasteiger partial charge in [-0.3, -0.25) is 9.69 Å². The fraction of sp³-hybridized carbons (Fsp3) is 0.379. The maximum absolute atomic E-state index is 12.7. The van der Waals surface area contributed by atoms with Crippen molar-refractivity contribution in [1.29, 1.82) is 0 Å². The first-order valence-corrected chi connectivity index (χ1v) is 12.8. The molecule has 0 aliphatic carbocycles. The van der Waals surface area contributed by atoms with Gasteiger partial charge in [-0.2, -0.15) is 0 Å². The summed E-state index contributed by atoms with van der Waals surface area (Å²) in [5.74, 6) is 1.54. The molecule has 2 N–H and O–H groups in total. The van der Waals surface area contributed by atoms with Crippen LogP contribution in [0.3, 0.4) is 0 Å². The van der Waals surface area contributed by atoms with Gasteiger partial charge in [-0.05, 0) is 43.6 Å². The number of likely N-dealkylation sites (tertiary alicyclic amines) is 1. The van der Waals surface area contributed by atoms with Crippen molar-refractivity contribution >= 4 is 16.8 Å². The van der Waals surface area contributed by atoms with Crippen molar-refractivity contribution in [3.8, 4) is 17.1 Å². The standard InChI is InChI=1S/C29H32N4O4/c1-19(35)33-18-29(27-23-9-8-22(36-2)15-24(23)30-28(27)25(33)17-34)10-12-32(13-11-29)16-21-14-26(37-31-21)20-6-4-3-5-7-20/h3-9,14-15,25,30,34H,10-13,16-18H2,1-2H3/t25-/m0/s1. The number of aromatic amines is 1. The minimum absolute atomic E-state index is 0.0150. The summed E-state index contributed by atoms with van der Waals surface area (Å²) in [4.78, 5) is 20.5. The smallest absolute Gasteiger partial charge is 0.220 e. The molecule has 2 aromatic carbocycles. The van der Waals surface area contributed by atoms with E-state index in [0.29, 0.717) is 6.54 Å². The van der Waals surface area contributed by atoms with Gasteiger partial charge >= 0.3 is 0 Å². The number of carbonyl (C=O) groups excluding carboxylic acids is 1. The van der Waals surface area contributed by atoms with Crippen LogP contribution in [0.15, 0.2) is 59.1 Å². The molecule has 192 valence electrons. The van der Waals surface area contributed by atoms with Crippen LogP contribution in [0.4, 0.5) is 0 Å². The number of nitrogens with one attached hydrogen (secondary N) is 1. The minimum atomic E-state index is -0.374. The molecule has 0 bridgehead atoms. The Morgan fingerprint density at radius 2 is 1.97 bits per heavy atom. The SMILES string of the molecule is COc1ccc2c3c([nH]c2c1)[C@H](CO)N(C(C)=O)CC31CCN(Cc2cc(-c3ccccc3)on2)CC1. The maximum Gasteiger partial charge on any atom is 0.220 e. The number of aliphatic hydroxyl groups excluding tert-OH is 1. The van der Waals surface area contributed by atoms with Gasteiger partial charge in [0.25, 0.3) is 0 Å². The highest BCUT2D eigenvalue weighted by molar-refractivity contribution is 5.88. The van der Waals surface area contributed by atoms with Gasteiger partial charge in [-0.25, -0.2) is 0 Å². The molecule has 2 aliphatic heterocycles. The number of methoxy groups -OCH3 is 1. The summed E-state index contributed by atoms with van der Waals surface area (Å²) < 4.78 is 11.1. The number of nitrogens with zero attached hydrogens (tertiary/aromatic N) is 3. The van der Waals surface area contributed by atoms with E-state index in [-0.39, 0.29) is 24.0 Å². The quantitative estimate of drug-likeness (QED) is 0.425. The second-order valence-corrected chi connectivity index (χ2v) is 10.3. The molecule has 8 nitrogen and oxygen atoms in total. The van der Waals surface area contributed by atoms with Crippen molar-refractivity contribution in [3.63, 3.8) is 0 Å². The van der Waals surface area contributed by atoms with Gasteiger partial charge in [0.1, 0.15) is 5.75 Å². The molecule has 0 saturated carbocycles. The predicted molar refractivity (Wildman–Crippen MR) is 140 cm³/mol. The van der Waals surface area contributed by atoms with Crippen LogP contribution in [0.25, 0.3) is 22.2 Å². The molecule has 1 spiro atoms. The Hall–Kier alpha value is -3.62. The zero-order chi connectivity index (χ0) is 25.6. The Morgan fingerprint density at radius 1 is 1.19 bits per heavy atom. The second kappa shape index (κ2) is 9.36. The van der Waals surface area contributed by atoms with Crippen LogP contribution in [0.5, 0.6) is 5.75 Å². The van der Waals surface area contributed by atoms with Gasteiger partial charge in [-0.15, -0.1) is 0 Å². The van der Waals surface area contributed by atoms with Crippen LogP contribution in [-0.2, 0) is 16.8 Å². The number of fused-ring (bicyclic) bond motifs is 4. The summed E-state index contributed by atoms with van der Waals surface area (Å²) >= 11 is 0. The first-order chi connectivity index (χ1) is 18.0. The summed E-state index contributed by atoms with van der Waals surface area (Å²) in [7, 11) is 1.66. The Morgan fingerprint density at radius 3 is 2.68 bits per heavy atom. The van der Waals surface area contributed by atoms with E-state index in [4.69, 9.17) is 9.26 Å². The Labute approximate surface area is 215 Å². The highest BCUT2D eigenvalue weighted by Crippen LogP contribution is 2.49. The number of aliphatic hydroxyl groups is 1. The summed E-state index contributed by atoms with van der Waals surface area (Å²) in [5.41, 5.74) is 4.93. The monoisotopic (exact) mass is 500 g/mol. The molecule has 1 saturated heterocycles. The molecule has 4 aromatic rings. The summed E-state index contributed by atoms with van der Waals surface area (Å²) in [6, 6.07) is 17.8. The minimum Gasteiger partial charge on any atom is -0.497 e. The first-order valence-electron chi connectivity index (χ1n) is 12.8. The molecule has 1 atom stereocenters. The predicted octanol–water partition coefficient (Wildman–Crippen LogP) is 4.26. The third-order valence-corrected chi connectivity index (χ3v) is 8.14. The molecule has 1 amide bonds. The molecule has 0 radical (unpaired) electrons. The van der Waals surface area contributed by atoms with Crippen LogP contribution in [0.1, 0.15) is 42.8 Å². The summed E-state index contributed by atoms with van der Waals surface area (Å²) in [6.07, 6.45) is 1.81. The lowest BCUT2D eigenvalue weighted by Crippen LogP contribution is -2.54. The largest absolute Gasteiger partial charge is 0.497 e. The zero-order valence-corrected chi connectivity index (χ0v) is 21.2. The molecular weight excluding hydrogens is 468 g/mol. The van der Waals surface area contributed by atoms with E-state index in [1.54, 1.807) is 14.0 Å². The average molecular weight is 501 g/mol. The number of amides is 1. The number of ether oxygens (including phenoxy) is 1. The molecule has 4 heterocycles. The van der Waals surface area contributed by atoms with E-state index in [0.717, 1.165) is 71.8 Å². The second-order valence-electron chi connectivity index (χ2n) is 10.3. The van der Waals surface area contributed by atoms with Gasteiger partial charge in [0.15, 0.2) is 5.76 Å². The van der Waals surface area contributed by atoms with E-state index >= 15 is 0 Å². The number of H-pyrrole nitrogens is 1. The number of benzene rings is 2. The third kappa shape index (κ3) is 4.10. The number of hydrogen-bond donors (Lipinski definition) is 2. The average Bonchev–Trinajstić information content (AvgIpc) is 3.55. The van der Waals surface area contributed by atoms with Crippen molar-refractivity contribution in [3.05, 3.63) is 71.5 Å². The van der Waals surface area contributed by atoms with Crippen LogP contribution < -0.4 is 4.74 Å². The van der Waals surface area contributed by atoms with Crippen molar-refractivity contribution in [2.45, 2.75) is 37.8 Å². The Balaban J connectivity index is 1.28. The number of aromatic nitrogens is 2. The van der Waals surface area contributed by atoms with Crippen LogP contribution in [0.2, 0.25) is 0 Å². The van der Waals surface area contributed by atoms with E-state index in [9.17, 15) is 9.90 Å².